The molecule has 1 atom stereocenters. The molecule has 31 heavy (non-hydrogen) atoms. The van der Waals surface area contributed by atoms with Crippen LogP contribution in [0.3, 0.4) is 0 Å². The third-order valence-electron chi connectivity index (χ3n) is 5.19. The molecule has 5 aromatic rings. The van der Waals surface area contributed by atoms with Gasteiger partial charge in [0.2, 0.25) is 0 Å². The summed E-state index contributed by atoms with van der Waals surface area (Å²) in [7, 11) is 0. The maximum absolute atomic E-state index is 13.0. The van der Waals surface area contributed by atoms with Crippen LogP contribution >= 0.6 is 11.3 Å². The molecule has 2 heterocycles. The Bertz CT molecular complexity index is 1400. The second-order valence-corrected chi connectivity index (χ2v) is 8.25. The Balaban J connectivity index is 1.42. The first-order valence-electron chi connectivity index (χ1n) is 10.0. The first-order chi connectivity index (χ1) is 15.2. The number of aromatic nitrogens is 2. The summed E-state index contributed by atoms with van der Waals surface area (Å²) in [5.41, 5.74) is 0.521. The smallest absolute Gasteiger partial charge is 0.274 e. The lowest BCUT2D eigenvalue weighted by Gasteiger charge is -2.16. The van der Waals surface area contributed by atoms with E-state index < -0.39 is 6.10 Å². The minimum absolute atomic E-state index is 0.0484. The number of hydrogen-bond acceptors (Lipinski definition) is 5. The van der Waals surface area contributed by atoms with Crippen LogP contribution in [-0.2, 0) is 6.54 Å². The van der Waals surface area contributed by atoms with Crippen LogP contribution in [0.2, 0.25) is 0 Å². The van der Waals surface area contributed by atoms with E-state index in [2.05, 4.69) is 5.10 Å². The third-order valence-corrected chi connectivity index (χ3v) is 6.06. The van der Waals surface area contributed by atoms with E-state index >= 15 is 0 Å². The number of thiophene rings is 1. The maximum atomic E-state index is 13.0. The molecule has 0 saturated carbocycles. The SMILES string of the molecule is O=c1c2ccccc2c(-c2cccs2)nn1CC(O)COc1cccc2ccccc12. The molecule has 0 aliphatic carbocycles. The van der Waals surface area contributed by atoms with Gasteiger partial charge in [0.1, 0.15) is 24.2 Å². The molecule has 0 spiro atoms. The molecule has 154 valence electrons. The van der Waals surface area contributed by atoms with E-state index in [1.807, 2.05) is 78.2 Å². The van der Waals surface area contributed by atoms with Crippen LogP contribution in [0.25, 0.3) is 32.1 Å². The number of benzene rings is 3. The molecule has 0 aliphatic heterocycles. The van der Waals surface area contributed by atoms with E-state index in [1.165, 1.54) is 4.68 Å². The van der Waals surface area contributed by atoms with E-state index in [-0.39, 0.29) is 18.7 Å². The first-order valence-corrected chi connectivity index (χ1v) is 10.9. The fourth-order valence-electron chi connectivity index (χ4n) is 3.71. The van der Waals surface area contributed by atoms with Gasteiger partial charge in [-0.3, -0.25) is 4.79 Å². The van der Waals surface area contributed by atoms with Crippen molar-refractivity contribution < 1.29 is 9.84 Å². The lowest BCUT2D eigenvalue weighted by Crippen LogP contribution is -2.32. The van der Waals surface area contributed by atoms with Crippen LogP contribution in [0.4, 0.5) is 0 Å². The summed E-state index contributed by atoms with van der Waals surface area (Å²) in [6, 6.07) is 25.1. The normalized spacial score (nSPS) is 12.3. The average Bonchev–Trinajstić information content (AvgIpc) is 3.34. The van der Waals surface area contributed by atoms with Crippen molar-refractivity contribution >= 4 is 32.9 Å². The van der Waals surface area contributed by atoms with Crippen molar-refractivity contribution in [3.63, 3.8) is 0 Å². The largest absolute Gasteiger partial charge is 0.490 e. The van der Waals surface area contributed by atoms with E-state index in [0.29, 0.717) is 11.1 Å². The molecule has 0 bridgehead atoms. The number of rotatable bonds is 6. The van der Waals surface area contributed by atoms with Gasteiger partial charge in [-0.05, 0) is 29.0 Å². The Morgan fingerprint density at radius 2 is 1.65 bits per heavy atom. The van der Waals surface area contributed by atoms with Crippen LogP contribution in [0.5, 0.6) is 5.75 Å². The Labute approximate surface area is 182 Å². The molecule has 1 unspecified atom stereocenters. The van der Waals surface area contributed by atoms with Crippen LogP contribution in [0.1, 0.15) is 0 Å². The molecular formula is C25H20N2O3S. The molecule has 0 fully saturated rings. The van der Waals surface area contributed by atoms with Gasteiger partial charge in [-0.2, -0.15) is 5.10 Å². The van der Waals surface area contributed by atoms with Gasteiger partial charge in [0.15, 0.2) is 0 Å². The summed E-state index contributed by atoms with van der Waals surface area (Å²) in [5, 5.41) is 20.7. The lowest BCUT2D eigenvalue weighted by atomic mass is 10.1. The fourth-order valence-corrected chi connectivity index (χ4v) is 4.44. The van der Waals surface area contributed by atoms with Crippen LogP contribution in [0, 0.1) is 0 Å². The molecule has 6 heteroatoms. The Kier molecular flexibility index (Phi) is 5.24. The summed E-state index contributed by atoms with van der Waals surface area (Å²) in [6.45, 7) is 0.107. The molecule has 3 aromatic carbocycles. The minimum Gasteiger partial charge on any atom is -0.490 e. The lowest BCUT2D eigenvalue weighted by molar-refractivity contribution is 0.0889. The summed E-state index contributed by atoms with van der Waals surface area (Å²) < 4.78 is 7.23. The molecule has 1 N–H and O–H groups in total. The summed E-state index contributed by atoms with van der Waals surface area (Å²) in [4.78, 5) is 14.0. The zero-order valence-electron chi connectivity index (χ0n) is 16.6. The zero-order valence-corrected chi connectivity index (χ0v) is 17.5. The molecule has 0 amide bonds. The summed E-state index contributed by atoms with van der Waals surface area (Å²) in [6.07, 6.45) is -0.887. The number of aliphatic hydroxyl groups excluding tert-OH is 1. The molecule has 0 aliphatic rings. The Morgan fingerprint density at radius 1 is 0.903 bits per heavy atom. The van der Waals surface area contributed by atoms with Gasteiger partial charge in [-0.1, -0.05) is 60.7 Å². The quantitative estimate of drug-likeness (QED) is 0.425. The van der Waals surface area contributed by atoms with Crippen molar-refractivity contribution in [3.8, 4) is 16.3 Å². The van der Waals surface area contributed by atoms with Gasteiger partial charge < -0.3 is 9.84 Å². The van der Waals surface area contributed by atoms with Crippen molar-refractivity contribution in [3.05, 3.63) is 94.6 Å². The van der Waals surface area contributed by atoms with E-state index in [9.17, 15) is 9.90 Å². The predicted octanol–water partition coefficient (Wildman–Crippen LogP) is 4.72. The predicted molar refractivity (Wildman–Crippen MR) is 125 cm³/mol. The van der Waals surface area contributed by atoms with Crippen LogP contribution in [0.15, 0.2) is 89.0 Å². The monoisotopic (exact) mass is 428 g/mol. The van der Waals surface area contributed by atoms with Crippen molar-refractivity contribution in [2.45, 2.75) is 12.6 Å². The van der Waals surface area contributed by atoms with E-state index in [1.54, 1.807) is 17.4 Å². The Hall–Kier alpha value is -3.48. The van der Waals surface area contributed by atoms with Gasteiger partial charge in [0.05, 0.1) is 16.8 Å². The van der Waals surface area contributed by atoms with Crippen molar-refractivity contribution in [2.24, 2.45) is 0 Å². The standard InChI is InChI=1S/C25H20N2O3S/c28-18(16-30-22-12-5-8-17-7-1-2-9-19(17)22)15-27-25(29)21-11-4-3-10-20(21)24(26-27)23-13-6-14-31-23/h1-14,18,28H,15-16H2. The van der Waals surface area contributed by atoms with Crippen molar-refractivity contribution in [1.82, 2.24) is 9.78 Å². The minimum atomic E-state index is -0.887. The topological polar surface area (TPSA) is 64.4 Å². The zero-order chi connectivity index (χ0) is 21.2. The van der Waals surface area contributed by atoms with Gasteiger partial charge in [-0.25, -0.2) is 4.68 Å². The molecule has 0 saturated heterocycles. The highest BCUT2D eigenvalue weighted by atomic mass is 32.1. The van der Waals surface area contributed by atoms with E-state index in [4.69, 9.17) is 4.74 Å². The van der Waals surface area contributed by atoms with Crippen molar-refractivity contribution in [1.29, 1.82) is 0 Å². The van der Waals surface area contributed by atoms with Crippen LogP contribution < -0.4 is 10.3 Å². The van der Waals surface area contributed by atoms with Gasteiger partial charge in [0, 0.05) is 10.8 Å². The number of fused-ring (bicyclic) bond motifs is 2. The molecule has 5 nitrogen and oxygen atoms in total. The first kappa shape index (κ1) is 19.5. The molecule has 2 aromatic heterocycles. The second-order valence-electron chi connectivity index (χ2n) is 7.30. The van der Waals surface area contributed by atoms with Crippen molar-refractivity contribution in [2.75, 3.05) is 6.61 Å². The van der Waals surface area contributed by atoms with E-state index in [0.717, 1.165) is 26.7 Å². The summed E-state index contributed by atoms with van der Waals surface area (Å²) in [5.74, 6) is 0.704. The second kappa shape index (κ2) is 8.34. The van der Waals surface area contributed by atoms with Gasteiger partial charge in [0.25, 0.3) is 5.56 Å². The third kappa shape index (κ3) is 3.83. The highest BCUT2D eigenvalue weighted by Gasteiger charge is 2.16. The molecule has 0 radical (unpaired) electrons. The molecule has 5 rings (SSSR count). The number of ether oxygens (including phenoxy) is 1. The molecular weight excluding hydrogens is 408 g/mol. The van der Waals surface area contributed by atoms with Crippen LogP contribution in [-0.4, -0.2) is 27.6 Å². The van der Waals surface area contributed by atoms with Gasteiger partial charge in [-0.15, -0.1) is 11.3 Å². The number of nitrogens with zero attached hydrogens (tertiary/aromatic N) is 2. The maximum Gasteiger partial charge on any atom is 0.274 e. The Morgan fingerprint density at radius 3 is 2.45 bits per heavy atom. The fraction of sp³-hybridized carbons (Fsp3) is 0.120. The summed E-state index contributed by atoms with van der Waals surface area (Å²) >= 11 is 1.57. The van der Waals surface area contributed by atoms with Gasteiger partial charge >= 0.3 is 0 Å². The number of hydrogen-bond donors (Lipinski definition) is 1. The average molecular weight is 429 g/mol. The highest BCUT2D eigenvalue weighted by molar-refractivity contribution is 7.13. The highest BCUT2D eigenvalue weighted by Crippen LogP contribution is 2.28. The number of aliphatic hydroxyl groups is 1.